The molecule has 20 heavy (non-hydrogen) atoms. The van der Waals surface area contributed by atoms with Crippen LogP contribution in [0.15, 0.2) is 42.5 Å². The predicted molar refractivity (Wildman–Crippen MR) is 82.6 cm³/mol. The molecule has 2 aromatic rings. The molecule has 1 amide bonds. The van der Waals surface area contributed by atoms with E-state index in [-0.39, 0.29) is 5.91 Å². The number of nitrogens with two attached hydrogens (primary N) is 1. The van der Waals surface area contributed by atoms with Crippen LogP contribution in [0, 0.1) is 13.8 Å². The maximum absolute atomic E-state index is 12.4. The topological polar surface area (TPSA) is 46.3 Å². The number of amides is 1. The number of aryl methyl sites for hydroxylation is 2. The minimum Gasteiger partial charge on any atom is -0.399 e. The number of nitrogen functional groups attached to an aromatic ring is 1. The molecule has 2 N–H and O–H groups in total. The van der Waals surface area contributed by atoms with E-state index >= 15 is 0 Å². The molecule has 0 bridgehead atoms. The number of carbonyl (C=O) groups excluding carboxylic acids is 1. The first-order chi connectivity index (χ1) is 9.49. The van der Waals surface area contributed by atoms with E-state index in [4.69, 9.17) is 5.73 Å². The Morgan fingerprint density at radius 3 is 2.45 bits per heavy atom. The lowest BCUT2D eigenvalue weighted by atomic mass is 10.1. The molecule has 0 aliphatic heterocycles. The van der Waals surface area contributed by atoms with Crippen LogP contribution >= 0.6 is 0 Å². The summed E-state index contributed by atoms with van der Waals surface area (Å²) in [6.45, 7) is 4.57. The van der Waals surface area contributed by atoms with E-state index < -0.39 is 0 Å². The Balaban J connectivity index is 2.16. The Kier molecular flexibility index (Phi) is 4.08. The number of nitrogens with zero attached hydrogens (tertiary/aromatic N) is 1. The van der Waals surface area contributed by atoms with Gasteiger partial charge in [0, 0.05) is 24.8 Å². The van der Waals surface area contributed by atoms with Gasteiger partial charge in [-0.3, -0.25) is 4.79 Å². The minimum atomic E-state index is 0.0105. The highest BCUT2D eigenvalue weighted by molar-refractivity contribution is 5.94. The molecule has 0 radical (unpaired) electrons. The van der Waals surface area contributed by atoms with Gasteiger partial charge in [-0.15, -0.1) is 0 Å². The number of hydrogen-bond donors (Lipinski definition) is 1. The SMILES string of the molecule is Cc1cc(C(=O)N(C)Cc2ccccc2C)ccc1N. The lowest BCUT2D eigenvalue weighted by Crippen LogP contribution is -2.26. The number of anilines is 1. The van der Waals surface area contributed by atoms with Crippen molar-refractivity contribution in [1.29, 1.82) is 0 Å². The van der Waals surface area contributed by atoms with Crippen LogP contribution in [0.5, 0.6) is 0 Å². The molecule has 0 saturated carbocycles. The zero-order valence-electron chi connectivity index (χ0n) is 12.2. The average molecular weight is 268 g/mol. The number of carbonyl (C=O) groups is 1. The van der Waals surface area contributed by atoms with Gasteiger partial charge in [0.1, 0.15) is 0 Å². The Labute approximate surface area is 120 Å². The maximum Gasteiger partial charge on any atom is 0.253 e. The normalized spacial score (nSPS) is 10.3. The van der Waals surface area contributed by atoms with Gasteiger partial charge in [-0.1, -0.05) is 24.3 Å². The van der Waals surface area contributed by atoms with E-state index in [1.807, 2.05) is 38.2 Å². The average Bonchev–Trinajstić information content (AvgIpc) is 2.43. The quantitative estimate of drug-likeness (QED) is 0.869. The van der Waals surface area contributed by atoms with Crippen molar-refractivity contribution in [3.05, 3.63) is 64.7 Å². The first-order valence-corrected chi connectivity index (χ1v) is 6.65. The first-order valence-electron chi connectivity index (χ1n) is 6.65. The van der Waals surface area contributed by atoms with Crippen molar-refractivity contribution in [2.75, 3.05) is 12.8 Å². The highest BCUT2D eigenvalue weighted by atomic mass is 16.2. The standard InChI is InChI=1S/C17H20N2O/c1-12-6-4-5-7-15(12)11-19(3)17(20)14-8-9-16(18)13(2)10-14/h4-10H,11,18H2,1-3H3. The van der Waals surface area contributed by atoms with Gasteiger partial charge >= 0.3 is 0 Å². The van der Waals surface area contributed by atoms with Crippen LogP contribution in [-0.2, 0) is 6.54 Å². The predicted octanol–water partition coefficient (Wildman–Crippen LogP) is 3.16. The van der Waals surface area contributed by atoms with Crippen molar-refractivity contribution in [2.24, 2.45) is 0 Å². The highest BCUT2D eigenvalue weighted by Gasteiger charge is 2.13. The van der Waals surface area contributed by atoms with Crippen molar-refractivity contribution in [3.8, 4) is 0 Å². The first kappa shape index (κ1) is 14.1. The van der Waals surface area contributed by atoms with Crippen LogP contribution in [0.4, 0.5) is 5.69 Å². The molecule has 0 aromatic heterocycles. The summed E-state index contributed by atoms with van der Waals surface area (Å²) in [6.07, 6.45) is 0. The third-order valence-corrected chi connectivity index (χ3v) is 3.53. The maximum atomic E-state index is 12.4. The Bertz CT molecular complexity index is 635. The third-order valence-electron chi connectivity index (χ3n) is 3.53. The summed E-state index contributed by atoms with van der Waals surface area (Å²) in [5.41, 5.74) is 10.5. The zero-order valence-corrected chi connectivity index (χ0v) is 12.2. The summed E-state index contributed by atoms with van der Waals surface area (Å²) in [7, 11) is 1.82. The van der Waals surface area contributed by atoms with Gasteiger partial charge in [-0.2, -0.15) is 0 Å². The van der Waals surface area contributed by atoms with Crippen molar-refractivity contribution in [2.45, 2.75) is 20.4 Å². The fraction of sp³-hybridized carbons (Fsp3) is 0.235. The molecule has 0 heterocycles. The Hall–Kier alpha value is -2.29. The second-order valence-corrected chi connectivity index (χ2v) is 5.16. The highest BCUT2D eigenvalue weighted by Crippen LogP contribution is 2.16. The van der Waals surface area contributed by atoms with Crippen LogP contribution in [-0.4, -0.2) is 17.9 Å². The van der Waals surface area contributed by atoms with Gasteiger partial charge in [-0.05, 0) is 48.7 Å². The van der Waals surface area contributed by atoms with Gasteiger partial charge in [0.15, 0.2) is 0 Å². The molecule has 0 fully saturated rings. The Morgan fingerprint density at radius 2 is 1.80 bits per heavy atom. The number of hydrogen-bond acceptors (Lipinski definition) is 2. The summed E-state index contributed by atoms with van der Waals surface area (Å²) in [6, 6.07) is 13.5. The van der Waals surface area contributed by atoms with Crippen molar-refractivity contribution in [3.63, 3.8) is 0 Å². The third kappa shape index (κ3) is 2.99. The van der Waals surface area contributed by atoms with Crippen molar-refractivity contribution >= 4 is 11.6 Å². The summed E-state index contributed by atoms with van der Waals surface area (Å²) in [5, 5.41) is 0. The smallest absolute Gasteiger partial charge is 0.253 e. The largest absolute Gasteiger partial charge is 0.399 e. The van der Waals surface area contributed by atoms with Crippen molar-refractivity contribution < 1.29 is 4.79 Å². The number of rotatable bonds is 3. The Morgan fingerprint density at radius 1 is 1.10 bits per heavy atom. The second kappa shape index (κ2) is 5.78. The molecule has 0 unspecified atom stereocenters. The van der Waals surface area contributed by atoms with Crippen LogP contribution < -0.4 is 5.73 Å². The van der Waals surface area contributed by atoms with Gasteiger partial charge in [0.25, 0.3) is 5.91 Å². The molecule has 104 valence electrons. The lowest BCUT2D eigenvalue weighted by Gasteiger charge is -2.19. The molecule has 3 heteroatoms. The summed E-state index contributed by atoms with van der Waals surface area (Å²) < 4.78 is 0. The van der Waals surface area contributed by atoms with Gasteiger partial charge in [0.05, 0.1) is 0 Å². The van der Waals surface area contributed by atoms with Gasteiger partial charge in [-0.25, -0.2) is 0 Å². The molecule has 0 atom stereocenters. The molecule has 0 spiro atoms. The molecular weight excluding hydrogens is 248 g/mol. The van der Waals surface area contributed by atoms with E-state index in [1.165, 1.54) is 5.56 Å². The van der Waals surface area contributed by atoms with Crippen LogP contribution in [0.2, 0.25) is 0 Å². The summed E-state index contributed by atoms with van der Waals surface area (Å²) in [4.78, 5) is 14.1. The van der Waals surface area contributed by atoms with E-state index in [9.17, 15) is 4.79 Å². The molecule has 0 saturated heterocycles. The van der Waals surface area contributed by atoms with E-state index in [2.05, 4.69) is 13.0 Å². The fourth-order valence-corrected chi connectivity index (χ4v) is 2.14. The molecule has 0 aliphatic rings. The molecule has 0 aliphatic carbocycles. The minimum absolute atomic E-state index is 0.0105. The van der Waals surface area contributed by atoms with E-state index in [0.29, 0.717) is 17.8 Å². The van der Waals surface area contributed by atoms with E-state index in [1.54, 1.807) is 17.0 Å². The molecule has 3 nitrogen and oxygen atoms in total. The van der Waals surface area contributed by atoms with Crippen LogP contribution in [0.1, 0.15) is 27.0 Å². The lowest BCUT2D eigenvalue weighted by molar-refractivity contribution is 0.0785. The van der Waals surface area contributed by atoms with Gasteiger partial charge in [0.2, 0.25) is 0 Å². The van der Waals surface area contributed by atoms with Crippen LogP contribution in [0.3, 0.4) is 0 Å². The van der Waals surface area contributed by atoms with E-state index in [0.717, 1.165) is 11.1 Å². The summed E-state index contributed by atoms with van der Waals surface area (Å²) >= 11 is 0. The summed E-state index contributed by atoms with van der Waals surface area (Å²) in [5.74, 6) is 0.0105. The fourth-order valence-electron chi connectivity index (χ4n) is 2.14. The zero-order chi connectivity index (χ0) is 14.7. The molecular formula is C17H20N2O. The molecule has 2 aromatic carbocycles. The van der Waals surface area contributed by atoms with Gasteiger partial charge < -0.3 is 10.6 Å². The second-order valence-electron chi connectivity index (χ2n) is 5.16. The number of benzene rings is 2. The van der Waals surface area contributed by atoms with Crippen LogP contribution in [0.25, 0.3) is 0 Å². The van der Waals surface area contributed by atoms with Crippen molar-refractivity contribution in [1.82, 2.24) is 4.90 Å². The monoisotopic (exact) mass is 268 g/mol. The molecule has 2 rings (SSSR count).